The minimum atomic E-state index is -0.153. The highest BCUT2D eigenvalue weighted by Crippen LogP contribution is 1.92. The van der Waals surface area contributed by atoms with Crippen LogP contribution in [-0.4, -0.2) is 76.2 Å². The van der Waals surface area contributed by atoms with E-state index in [0.717, 1.165) is 26.2 Å². The zero-order valence-corrected chi connectivity index (χ0v) is 13.1. The first kappa shape index (κ1) is 18.4. The lowest BCUT2D eigenvalue weighted by molar-refractivity contribution is -0.140. The van der Waals surface area contributed by atoms with Crippen molar-refractivity contribution in [1.29, 1.82) is 0 Å². The van der Waals surface area contributed by atoms with Crippen molar-refractivity contribution < 1.29 is 9.53 Å². The molecule has 0 aliphatic heterocycles. The van der Waals surface area contributed by atoms with Crippen LogP contribution in [0.25, 0.3) is 0 Å². The van der Waals surface area contributed by atoms with E-state index in [9.17, 15) is 4.79 Å². The van der Waals surface area contributed by atoms with E-state index < -0.39 is 0 Å². The summed E-state index contributed by atoms with van der Waals surface area (Å²) in [7, 11) is 5.74. The van der Waals surface area contributed by atoms with Gasteiger partial charge in [0.2, 0.25) is 0 Å². The number of esters is 1. The molecular weight excluding hydrogens is 242 g/mol. The van der Waals surface area contributed by atoms with Gasteiger partial charge in [-0.3, -0.25) is 4.79 Å². The summed E-state index contributed by atoms with van der Waals surface area (Å²) >= 11 is 0. The van der Waals surface area contributed by atoms with Crippen LogP contribution in [0.15, 0.2) is 0 Å². The number of rotatable bonds is 12. The van der Waals surface area contributed by atoms with Crippen molar-refractivity contribution in [3.05, 3.63) is 0 Å². The zero-order valence-electron chi connectivity index (χ0n) is 13.1. The third kappa shape index (κ3) is 12.1. The van der Waals surface area contributed by atoms with E-state index in [1.807, 2.05) is 0 Å². The Morgan fingerprint density at radius 2 is 1.68 bits per heavy atom. The van der Waals surface area contributed by atoms with Gasteiger partial charge >= 0.3 is 5.97 Å². The summed E-state index contributed by atoms with van der Waals surface area (Å²) in [6, 6.07) is 0. The lowest BCUT2D eigenvalue weighted by Crippen LogP contribution is -2.32. The monoisotopic (exact) mass is 273 g/mol. The van der Waals surface area contributed by atoms with Gasteiger partial charge in [0, 0.05) is 19.6 Å². The lowest BCUT2D eigenvalue weighted by Gasteiger charge is -2.20. The maximum Gasteiger partial charge on any atom is 0.306 e. The fraction of sp³-hybridized carbons (Fsp3) is 0.929. The fourth-order valence-electron chi connectivity index (χ4n) is 1.90. The van der Waals surface area contributed by atoms with Gasteiger partial charge in [-0.2, -0.15) is 0 Å². The van der Waals surface area contributed by atoms with E-state index in [0.29, 0.717) is 13.0 Å². The Bertz CT molecular complexity index is 225. The van der Waals surface area contributed by atoms with Crippen LogP contribution in [0.4, 0.5) is 0 Å². The predicted molar refractivity (Wildman–Crippen MR) is 79.4 cm³/mol. The Morgan fingerprint density at radius 3 is 2.26 bits per heavy atom. The minimum absolute atomic E-state index is 0.153. The van der Waals surface area contributed by atoms with Crippen molar-refractivity contribution in [2.24, 2.45) is 0 Å². The number of carbonyl (C=O) groups is 1. The summed E-state index contributed by atoms with van der Waals surface area (Å²) < 4.78 is 4.58. The second kappa shape index (κ2) is 12.4. The molecule has 0 fully saturated rings. The van der Waals surface area contributed by atoms with Crippen molar-refractivity contribution in [2.75, 3.05) is 60.5 Å². The summed E-state index contributed by atoms with van der Waals surface area (Å²) in [5.74, 6) is -0.153. The Kier molecular flexibility index (Phi) is 12.0. The first-order valence-corrected chi connectivity index (χ1v) is 7.24. The number of methoxy groups -OCH3 is 1. The summed E-state index contributed by atoms with van der Waals surface area (Å²) in [5.41, 5.74) is 0. The van der Waals surface area contributed by atoms with Crippen LogP contribution in [0.3, 0.4) is 0 Å². The first-order valence-electron chi connectivity index (χ1n) is 7.24. The fourth-order valence-corrected chi connectivity index (χ4v) is 1.90. The average Bonchev–Trinajstić information content (AvgIpc) is 2.38. The Balaban J connectivity index is 3.34. The minimum Gasteiger partial charge on any atom is -0.469 e. The topological polar surface area (TPSA) is 44.8 Å². The number of likely N-dealkylation sites (N-methyl/N-ethyl adjacent to an activating group) is 1. The van der Waals surface area contributed by atoms with Crippen LogP contribution in [0.1, 0.15) is 26.2 Å². The van der Waals surface area contributed by atoms with Gasteiger partial charge in [-0.25, -0.2) is 0 Å². The van der Waals surface area contributed by atoms with Gasteiger partial charge < -0.3 is 19.9 Å². The van der Waals surface area contributed by atoms with E-state index in [-0.39, 0.29) is 5.97 Å². The van der Waals surface area contributed by atoms with Gasteiger partial charge in [0.05, 0.1) is 13.5 Å². The van der Waals surface area contributed by atoms with Crippen LogP contribution in [-0.2, 0) is 9.53 Å². The Labute approximate surface area is 118 Å². The summed E-state index contributed by atoms with van der Waals surface area (Å²) in [4.78, 5) is 15.6. The molecule has 0 aromatic rings. The molecule has 0 rings (SSSR count). The van der Waals surface area contributed by atoms with E-state index in [4.69, 9.17) is 0 Å². The van der Waals surface area contributed by atoms with Crippen molar-refractivity contribution in [2.45, 2.75) is 26.2 Å². The number of hydrogen-bond acceptors (Lipinski definition) is 5. The molecule has 0 aromatic carbocycles. The summed E-state index contributed by atoms with van der Waals surface area (Å²) in [6.07, 6.45) is 2.87. The highest BCUT2D eigenvalue weighted by molar-refractivity contribution is 5.69. The normalized spacial score (nSPS) is 11.3. The molecule has 0 saturated carbocycles. The van der Waals surface area contributed by atoms with Crippen LogP contribution in [0.2, 0.25) is 0 Å². The van der Waals surface area contributed by atoms with E-state index in [1.54, 1.807) is 0 Å². The van der Waals surface area contributed by atoms with Crippen LogP contribution in [0.5, 0.6) is 0 Å². The molecule has 0 radical (unpaired) electrons. The van der Waals surface area contributed by atoms with Gasteiger partial charge in [0.1, 0.15) is 0 Å². The standard InChI is InChI=1S/C14H31N3O2/c1-5-10-16(2)11-6-12-17(3)13-9-15-8-7-14(18)19-4/h15H,5-13H2,1-4H3. The van der Waals surface area contributed by atoms with Gasteiger partial charge in [0.15, 0.2) is 0 Å². The van der Waals surface area contributed by atoms with Crippen LogP contribution in [0, 0.1) is 0 Å². The van der Waals surface area contributed by atoms with Gasteiger partial charge in [-0.05, 0) is 46.6 Å². The molecule has 0 bridgehead atoms. The highest BCUT2D eigenvalue weighted by Gasteiger charge is 2.01. The molecule has 0 aromatic heterocycles. The molecule has 0 aliphatic rings. The van der Waals surface area contributed by atoms with E-state index >= 15 is 0 Å². The molecule has 0 amide bonds. The van der Waals surface area contributed by atoms with Crippen LogP contribution < -0.4 is 5.32 Å². The molecule has 0 aliphatic carbocycles. The maximum absolute atomic E-state index is 10.9. The third-order valence-corrected chi connectivity index (χ3v) is 3.09. The molecule has 5 nitrogen and oxygen atoms in total. The largest absolute Gasteiger partial charge is 0.469 e. The van der Waals surface area contributed by atoms with Gasteiger partial charge in [-0.1, -0.05) is 6.92 Å². The van der Waals surface area contributed by atoms with Gasteiger partial charge in [-0.15, -0.1) is 0 Å². The van der Waals surface area contributed by atoms with Crippen molar-refractivity contribution in [1.82, 2.24) is 15.1 Å². The van der Waals surface area contributed by atoms with Crippen molar-refractivity contribution in [3.8, 4) is 0 Å². The van der Waals surface area contributed by atoms with Crippen LogP contribution >= 0.6 is 0 Å². The maximum atomic E-state index is 10.9. The molecule has 5 heteroatoms. The molecule has 0 unspecified atom stereocenters. The smallest absolute Gasteiger partial charge is 0.306 e. The number of nitrogens with one attached hydrogen (secondary N) is 1. The Morgan fingerprint density at radius 1 is 1.05 bits per heavy atom. The second-order valence-electron chi connectivity index (χ2n) is 5.04. The Hall–Kier alpha value is -0.650. The third-order valence-electron chi connectivity index (χ3n) is 3.09. The SMILES string of the molecule is CCCN(C)CCCN(C)CCNCCC(=O)OC. The second-order valence-corrected chi connectivity index (χ2v) is 5.04. The molecule has 0 spiro atoms. The molecule has 19 heavy (non-hydrogen) atoms. The average molecular weight is 273 g/mol. The quantitative estimate of drug-likeness (QED) is 0.421. The first-order chi connectivity index (χ1) is 9.10. The summed E-state index contributed by atoms with van der Waals surface area (Å²) in [5, 5.41) is 3.25. The highest BCUT2D eigenvalue weighted by atomic mass is 16.5. The summed E-state index contributed by atoms with van der Waals surface area (Å²) in [6.45, 7) is 8.29. The number of carbonyl (C=O) groups excluding carboxylic acids is 1. The predicted octanol–water partition coefficient (Wildman–Crippen LogP) is 0.803. The van der Waals surface area contributed by atoms with E-state index in [1.165, 1.54) is 26.5 Å². The number of ether oxygens (including phenoxy) is 1. The number of nitrogens with zero attached hydrogens (tertiary/aromatic N) is 2. The molecule has 0 heterocycles. The van der Waals surface area contributed by atoms with Crippen molar-refractivity contribution >= 4 is 5.97 Å². The van der Waals surface area contributed by atoms with E-state index in [2.05, 4.69) is 40.9 Å². The molecule has 114 valence electrons. The molecule has 1 N–H and O–H groups in total. The zero-order chi connectivity index (χ0) is 14.5. The number of hydrogen-bond donors (Lipinski definition) is 1. The molecule has 0 saturated heterocycles. The van der Waals surface area contributed by atoms with Crippen molar-refractivity contribution in [3.63, 3.8) is 0 Å². The lowest BCUT2D eigenvalue weighted by atomic mass is 10.3. The van der Waals surface area contributed by atoms with Gasteiger partial charge in [0.25, 0.3) is 0 Å². The molecule has 0 atom stereocenters. The molecular formula is C14H31N3O2.